The SMILES string of the molecule is CC1Cc2cc(S(=O)(=O)N3CCC(C(=O)N4CCCCCC4)CC3)ccc2N1C(=O)C1CC1. The summed E-state index contributed by atoms with van der Waals surface area (Å²) in [6.45, 7) is 4.47. The number of nitrogens with zero attached hydrogens (tertiary/aromatic N) is 3. The Kier molecular flexibility index (Phi) is 6.25. The van der Waals surface area contributed by atoms with E-state index in [9.17, 15) is 18.0 Å². The molecule has 0 radical (unpaired) electrons. The molecule has 180 valence electrons. The number of carbonyl (C=O) groups excluding carboxylic acids is 2. The molecule has 1 aromatic rings. The van der Waals surface area contributed by atoms with Crippen molar-refractivity contribution < 1.29 is 18.0 Å². The number of anilines is 1. The Morgan fingerprint density at radius 1 is 0.848 bits per heavy atom. The van der Waals surface area contributed by atoms with Crippen LogP contribution in [0.3, 0.4) is 0 Å². The van der Waals surface area contributed by atoms with Gasteiger partial charge >= 0.3 is 0 Å². The highest BCUT2D eigenvalue weighted by Gasteiger charge is 2.40. The van der Waals surface area contributed by atoms with Gasteiger partial charge in [0, 0.05) is 49.7 Å². The average molecular weight is 474 g/mol. The first kappa shape index (κ1) is 22.8. The molecule has 0 aromatic heterocycles. The molecule has 33 heavy (non-hydrogen) atoms. The summed E-state index contributed by atoms with van der Waals surface area (Å²) in [4.78, 5) is 29.8. The third-order valence-electron chi connectivity index (χ3n) is 7.79. The van der Waals surface area contributed by atoms with E-state index in [1.165, 1.54) is 17.1 Å². The van der Waals surface area contributed by atoms with E-state index in [0.717, 1.165) is 50.0 Å². The monoisotopic (exact) mass is 473 g/mol. The molecule has 7 nitrogen and oxygen atoms in total. The average Bonchev–Trinajstić information content (AvgIpc) is 3.64. The second-order valence-corrected chi connectivity index (χ2v) is 12.2. The summed E-state index contributed by atoms with van der Waals surface area (Å²) in [6.07, 6.45) is 8.28. The fourth-order valence-electron chi connectivity index (χ4n) is 5.67. The zero-order chi connectivity index (χ0) is 23.2. The molecule has 0 N–H and O–H groups in total. The number of benzene rings is 1. The van der Waals surface area contributed by atoms with Crippen molar-refractivity contribution in [3.05, 3.63) is 23.8 Å². The highest BCUT2D eigenvalue weighted by Crippen LogP contribution is 2.40. The summed E-state index contributed by atoms with van der Waals surface area (Å²) < 4.78 is 28.3. The maximum absolute atomic E-state index is 13.4. The highest BCUT2D eigenvalue weighted by molar-refractivity contribution is 7.89. The molecule has 2 amide bonds. The molecular formula is C25H35N3O4S. The number of piperidine rings is 1. The van der Waals surface area contributed by atoms with Gasteiger partial charge in [-0.1, -0.05) is 12.8 Å². The molecule has 3 heterocycles. The summed E-state index contributed by atoms with van der Waals surface area (Å²) in [6, 6.07) is 5.28. The molecule has 1 unspecified atom stereocenters. The summed E-state index contributed by atoms with van der Waals surface area (Å²) in [5, 5.41) is 0. The lowest BCUT2D eigenvalue weighted by molar-refractivity contribution is -0.136. The van der Waals surface area contributed by atoms with E-state index in [1.807, 2.05) is 22.8 Å². The zero-order valence-electron chi connectivity index (χ0n) is 19.5. The second-order valence-electron chi connectivity index (χ2n) is 10.2. The Balaban J connectivity index is 1.26. The lowest BCUT2D eigenvalue weighted by Crippen LogP contribution is -2.44. The molecule has 4 aliphatic rings. The van der Waals surface area contributed by atoms with E-state index in [4.69, 9.17) is 0 Å². The molecule has 5 rings (SSSR count). The van der Waals surface area contributed by atoms with Gasteiger partial charge in [-0.05, 0) is 75.6 Å². The van der Waals surface area contributed by atoms with E-state index in [0.29, 0.717) is 37.2 Å². The van der Waals surface area contributed by atoms with E-state index < -0.39 is 10.0 Å². The van der Waals surface area contributed by atoms with Crippen LogP contribution in [0.1, 0.15) is 63.9 Å². The van der Waals surface area contributed by atoms with Crippen molar-refractivity contribution in [2.75, 3.05) is 31.1 Å². The van der Waals surface area contributed by atoms with E-state index >= 15 is 0 Å². The Morgan fingerprint density at radius 3 is 2.12 bits per heavy atom. The van der Waals surface area contributed by atoms with Crippen LogP contribution in [-0.4, -0.2) is 61.7 Å². The van der Waals surface area contributed by atoms with Gasteiger partial charge in [-0.25, -0.2) is 8.42 Å². The molecule has 1 saturated carbocycles. The van der Waals surface area contributed by atoms with Gasteiger partial charge in [0.15, 0.2) is 0 Å². The predicted octanol–water partition coefficient (Wildman–Crippen LogP) is 3.18. The topological polar surface area (TPSA) is 78.0 Å². The maximum Gasteiger partial charge on any atom is 0.243 e. The Bertz CT molecular complexity index is 1020. The normalized spacial score (nSPS) is 25.1. The Hall–Kier alpha value is -1.93. The fourth-order valence-corrected chi connectivity index (χ4v) is 7.19. The van der Waals surface area contributed by atoms with Gasteiger partial charge in [0.1, 0.15) is 0 Å². The first-order valence-corrected chi connectivity index (χ1v) is 14.0. The van der Waals surface area contributed by atoms with Crippen molar-refractivity contribution >= 4 is 27.5 Å². The predicted molar refractivity (Wildman–Crippen MR) is 126 cm³/mol. The van der Waals surface area contributed by atoms with Crippen LogP contribution in [-0.2, 0) is 26.0 Å². The van der Waals surface area contributed by atoms with Crippen LogP contribution in [0.2, 0.25) is 0 Å². The van der Waals surface area contributed by atoms with Crippen LogP contribution in [0, 0.1) is 11.8 Å². The first-order valence-electron chi connectivity index (χ1n) is 12.6. The van der Waals surface area contributed by atoms with Crippen molar-refractivity contribution in [1.29, 1.82) is 0 Å². The zero-order valence-corrected chi connectivity index (χ0v) is 20.4. The summed E-state index contributed by atoms with van der Waals surface area (Å²) in [5.41, 5.74) is 1.80. The van der Waals surface area contributed by atoms with Gasteiger partial charge < -0.3 is 9.80 Å². The maximum atomic E-state index is 13.4. The molecule has 8 heteroatoms. The fraction of sp³-hybridized carbons (Fsp3) is 0.680. The van der Waals surface area contributed by atoms with Crippen molar-refractivity contribution in [2.45, 2.75) is 75.6 Å². The van der Waals surface area contributed by atoms with Crippen LogP contribution in [0.5, 0.6) is 0 Å². The highest BCUT2D eigenvalue weighted by atomic mass is 32.2. The minimum absolute atomic E-state index is 0.0619. The Morgan fingerprint density at radius 2 is 1.48 bits per heavy atom. The molecule has 1 aromatic carbocycles. The third-order valence-corrected chi connectivity index (χ3v) is 9.68. The standard InChI is InChI=1S/C25H35N3O4S/c1-18-16-21-17-22(8-9-23(21)28(18)25(30)19-6-7-19)33(31,32)27-14-10-20(11-15-27)24(29)26-12-4-2-3-5-13-26/h8-9,17-20H,2-7,10-16H2,1H3. The molecule has 2 saturated heterocycles. The lowest BCUT2D eigenvalue weighted by Gasteiger charge is -2.33. The van der Waals surface area contributed by atoms with Crippen LogP contribution in [0.4, 0.5) is 5.69 Å². The van der Waals surface area contributed by atoms with Gasteiger partial charge in [-0.2, -0.15) is 4.31 Å². The molecule has 3 fully saturated rings. The molecule has 0 bridgehead atoms. The van der Waals surface area contributed by atoms with E-state index in [2.05, 4.69) is 0 Å². The largest absolute Gasteiger partial charge is 0.342 e. The van der Waals surface area contributed by atoms with Gasteiger partial charge in [-0.15, -0.1) is 0 Å². The van der Waals surface area contributed by atoms with Gasteiger partial charge in [-0.3, -0.25) is 9.59 Å². The number of likely N-dealkylation sites (tertiary alicyclic amines) is 1. The third kappa shape index (κ3) is 4.44. The molecule has 1 aliphatic carbocycles. The van der Waals surface area contributed by atoms with Crippen molar-refractivity contribution in [3.63, 3.8) is 0 Å². The van der Waals surface area contributed by atoms with Gasteiger partial charge in [0.2, 0.25) is 21.8 Å². The van der Waals surface area contributed by atoms with Crippen molar-refractivity contribution in [3.8, 4) is 0 Å². The minimum atomic E-state index is -3.62. The van der Waals surface area contributed by atoms with Crippen LogP contribution >= 0.6 is 0 Å². The van der Waals surface area contributed by atoms with Gasteiger partial charge in [0.25, 0.3) is 0 Å². The number of carbonyl (C=O) groups is 2. The summed E-state index contributed by atoms with van der Waals surface area (Å²) in [5.74, 6) is 0.450. The Labute approximate surface area is 197 Å². The molecule has 1 atom stereocenters. The minimum Gasteiger partial charge on any atom is -0.342 e. The molecular weight excluding hydrogens is 438 g/mol. The number of hydrogen-bond donors (Lipinski definition) is 0. The lowest BCUT2D eigenvalue weighted by atomic mass is 9.96. The number of rotatable bonds is 4. The quantitative estimate of drug-likeness (QED) is 0.673. The van der Waals surface area contributed by atoms with Crippen molar-refractivity contribution in [1.82, 2.24) is 9.21 Å². The number of fused-ring (bicyclic) bond motifs is 1. The van der Waals surface area contributed by atoms with Gasteiger partial charge in [0.05, 0.1) is 4.90 Å². The number of hydrogen-bond acceptors (Lipinski definition) is 4. The van der Waals surface area contributed by atoms with Crippen LogP contribution in [0.25, 0.3) is 0 Å². The van der Waals surface area contributed by atoms with Crippen LogP contribution < -0.4 is 4.90 Å². The second kappa shape index (κ2) is 9.02. The number of sulfonamides is 1. The van der Waals surface area contributed by atoms with Crippen molar-refractivity contribution in [2.24, 2.45) is 11.8 Å². The summed E-state index contributed by atoms with van der Waals surface area (Å²) >= 11 is 0. The molecule has 0 spiro atoms. The number of amides is 2. The van der Waals surface area contributed by atoms with Crippen LogP contribution in [0.15, 0.2) is 23.1 Å². The molecule has 3 aliphatic heterocycles. The summed E-state index contributed by atoms with van der Waals surface area (Å²) in [7, 11) is -3.62. The van der Waals surface area contributed by atoms with E-state index in [1.54, 1.807) is 12.1 Å². The van der Waals surface area contributed by atoms with E-state index in [-0.39, 0.29) is 29.7 Å². The first-order chi connectivity index (χ1) is 15.9. The smallest absolute Gasteiger partial charge is 0.243 e.